The van der Waals surface area contributed by atoms with E-state index in [-0.39, 0.29) is 0 Å². The summed E-state index contributed by atoms with van der Waals surface area (Å²) in [7, 11) is 0. The van der Waals surface area contributed by atoms with Crippen LogP contribution in [0, 0.1) is 0 Å². The molecule has 0 aliphatic carbocycles. The van der Waals surface area contributed by atoms with Crippen LogP contribution >= 0.6 is 0 Å². The van der Waals surface area contributed by atoms with Crippen LogP contribution in [0.1, 0.15) is 55.9 Å². The Balaban J connectivity index is 1.19. The van der Waals surface area contributed by atoms with E-state index >= 15 is 0 Å². The Morgan fingerprint density at radius 1 is 0.315 bits per heavy atom. The number of fused-ring (bicyclic) bond motifs is 1. The highest BCUT2D eigenvalue weighted by atomic mass is 14.7. The van der Waals surface area contributed by atoms with Crippen LogP contribution < -0.4 is 0 Å². The molecule has 0 saturated carbocycles. The van der Waals surface area contributed by atoms with Gasteiger partial charge in [-0.3, -0.25) is 9.97 Å². The average molecular weight is 691 g/mol. The van der Waals surface area contributed by atoms with E-state index in [0.717, 1.165) is 67.0 Å². The lowest BCUT2D eigenvalue weighted by molar-refractivity contribution is 1.27. The molecular weight excluding hydrogens is 653 g/mol. The summed E-state index contributed by atoms with van der Waals surface area (Å²) in [5.41, 5.74) is 13.1. The summed E-state index contributed by atoms with van der Waals surface area (Å²) in [6.45, 7) is 0. The summed E-state index contributed by atoms with van der Waals surface area (Å²) < 4.78 is 0. The fraction of sp³-hybridized carbons (Fsp3) is 0. The smallest absolute Gasteiger partial charge is 0.0708 e. The van der Waals surface area contributed by atoms with E-state index in [1.54, 1.807) is 0 Å². The molecule has 256 valence electrons. The van der Waals surface area contributed by atoms with Gasteiger partial charge in [0.05, 0.1) is 11.4 Å². The van der Waals surface area contributed by atoms with Gasteiger partial charge in [-0.25, -0.2) is 0 Å². The minimum Gasteiger partial charge on any atom is -0.256 e. The summed E-state index contributed by atoms with van der Waals surface area (Å²) in [4.78, 5) is 9.43. The molecule has 2 heteroatoms. The quantitative estimate of drug-likeness (QED) is 0.134. The Hall–Kier alpha value is -7.16. The highest BCUT2D eigenvalue weighted by molar-refractivity contribution is 5.96. The van der Waals surface area contributed by atoms with Crippen molar-refractivity contribution in [3.05, 3.63) is 250 Å². The molecule has 0 atom stereocenters. The van der Waals surface area contributed by atoms with E-state index in [4.69, 9.17) is 9.97 Å². The molecule has 0 radical (unpaired) electrons. The molecule has 0 fully saturated rings. The second-order valence-corrected chi connectivity index (χ2v) is 13.0. The van der Waals surface area contributed by atoms with Gasteiger partial charge in [-0.15, -0.1) is 0 Å². The van der Waals surface area contributed by atoms with Gasteiger partial charge in [0.2, 0.25) is 0 Å². The lowest BCUT2D eigenvalue weighted by Gasteiger charge is -2.10. The lowest BCUT2D eigenvalue weighted by Crippen LogP contribution is -1.92. The molecular formula is C52H38N2. The second-order valence-electron chi connectivity index (χ2n) is 13.0. The summed E-state index contributed by atoms with van der Waals surface area (Å²) >= 11 is 0. The zero-order valence-electron chi connectivity index (χ0n) is 29.8. The van der Waals surface area contributed by atoms with E-state index in [0.29, 0.717) is 0 Å². The maximum atomic E-state index is 4.71. The topological polar surface area (TPSA) is 25.8 Å². The van der Waals surface area contributed by atoms with Crippen molar-refractivity contribution in [3.8, 4) is 0 Å². The maximum absolute atomic E-state index is 4.71. The first-order valence-electron chi connectivity index (χ1n) is 18.2. The number of aromatic nitrogens is 2. The van der Waals surface area contributed by atoms with Gasteiger partial charge in [-0.1, -0.05) is 170 Å². The number of pyridine rings is 2. The summed E-state index contributed by atoms with van der Waals surface area (Å²) in [6.07, 6.45) is 17.1. The van der Waals surface area contributed by atoms with E-state index < -0.39 is 0 Å². The minimum absolute atomic E-state index is 0.940. The Bertz CT molecular complexity index is 2350. The van der Waals surface area contributed by atoms with Crippen molar-refractivity contribution in [2.24, 2.45) is 0 Å². The fourth-order valence-electron chi connectivity index (χ4n) is 6.71. The van der Waals surface area contributed by atoms with E-state index in [1.165, 1.54) is 10.8 Å². The van der Waals surface area contributed by atoms with Crippen molar-refractivity contribution in [3.63, 3.8) is 0 Å². The molecule has 6 aromatic carbocycles. The zero-order valence-corrected chi connectivity index (χ0v) is 29.8. The summed E-state index contributed by atoms with van der Waals surface area (Å²) in [5.74, 6) is 0. The molecule has 0 amide bonds. The first kappa shape index (κ1) is 34.0. The third kappa shape index (κ3) is 7.99. The molecule has 2 nitrogen and oxygen atoms in total. The normalized spacial score (nSPS) is 12.1. The number of benzene rings is 6. The van der Waals surface area contributed by atoms with Gasteiger partial charge in [-0.05, 0) is 104 Å². The molecule has 2 heterocycles. The minimum atomic E-state index is 0.940. The Kier molecular flexibility index (Phi) is 10.3. The van der Waals surface area contributed by atoms with Gasteiger partial charge in [0.1, 0.15) is 0 Å². The van der Waals surface area contributed by atoms with Crippen molar-refractivity contribution in [2.45, 2.75) is 0 Å². The van der Waals surface area contributed by atoms with Crippen molar-refractivity contribution >= 4 is 58.4 Å². The predicted octanol–water partition coefficient (Wildman–Crippen LogP) is 13.1. The number of rotatable bonds is 10. The molecule has 0 aliphatic rings. The molecule has 8 aromatic rings. The molecule has 0 bridgehead atoms. The van der Waals surface area contributed by atoms with Crippen LogP contribution in [0.4, 0.5) is 0 Å². The van der Waals surface area contributed by atoms with Gasteiger partial charge in [0, 0.05) is 23.5 Å². The zero-order chi connectivity index (χ0) is 36.4. The SMILES string of the molecule is C(=Cc1cc2ccccc2cc1C=Cc1ccccc1C=C(c1ccccc1)c1ccccn1)c1ccccc1C=C(c1ccccc1)c1ccccn1. The van der Waals surface area contributed by atoms with Crippen molar-refractivity contribution < 1.29 is 0 Å². The van der Waals surface area contributed by atoms with Crippen molar-refractivity contribution in [1.82, 2.24) is 9.97 Å². The number of nitrogens with zero attached hydrogens (tertiary/aromatic N) is 2. The van der Waals surface area contributed by atoms with E-state index in [1.807, 2.05) is 48.8 Å². The Morgan fingerprint density at radius 3 is 1.07 bits per heavy atom. The van der Waals surface area contributed by atoms with Crippen LogP contribution in [-0.2, 0) is 0 Å². The largest absolute Gasteiger partial charge is 0.256 e. The monoisotopic (exact) mass is 690 g/mol. The Morgan fingerprint density at radius 2 is 0.667 bits per heavy atom. The van der Waals surface area contributed by atoms with Gasteiger partial charge in [0.25, 0.3) is 0 Å². The van der Waals surface area contributed by atoms with Crippen molar-refractivity contribution in [2.75, 3.05) is 0 Å². The maximum Gasteiger partial charge on any atom is 0.0708 e. The van der Waals surface area contributed by atoms with Gasteiger partial charge in [0.15, 0.2) is 0 Å². The molecule has 8 rings (SSSR count). The highest BCUT2D eigenvalue weighted by Crippen LogP contribution is 2.30. The molecule has 0 aliphatic heterocycles. The van der Waals surface area contributed by atoms with Crippen LogP contribution in [0.2, 0.25) is 0 Å². The van der Waals surface area contributed by atoms with E-state index in [2.05, 4.69) is 182 Å². The van der Waals surface area contributed by atoms with E-state index in [9.17, 15) is 0 Å². The highest BCUT2D eigenvalue weighted by Gasteiger charge is 2.10. The van der Waals surface area contributed by atoms with Crippen LogP contribution in [-0.4, -0.2) is 9.97 Å². The second kappa shape index (κ2) is 16.5. The van der Waals surface area contributed by atoms with Gasteiger partial charge in [-0.2, -0.15) is 0 Å². The molecule has 2 aromatic heterocycles. The molecule has 54 heavy (non-hydrogen) atoms. The number of hydrogen-bond donors (Lipinski definition) is 0. The summed E-state index contributed by atoms with van der Waals surface area (Å²) in [6, 6.07) is 63.3. The Labute approximate surface area is 317 Å². The number of hydrogen-bond acceptors (Lipinski definition) is 2. The molecule has 0 unspecified atom stereocenters. The predicted molar refractivity (Wildman–Crippen MR) is 230 cm³/mol. The van der Waals surface area contributed by atoms with Crippen LogP contribution in [0.3, 0.4) is 0 Å². The first-order valence-corrected chi connectivity index (χ1v) is 18.2. The van der Waals surface area contributed by atoms with Crippen LogP contribution in [0.5, 0.6) is 0 Å². The van der Waals surface area contributed by atoms with Gasteiger partial charge >= 0.3 is 0 Å². The average Bonchev–Trinajstić information content (AvgIpc) is 3.25. The molecule has 0 spiro atoms. The van der Waals surface area contributed by atoms with Gasteiger partial charge < -0.3 is 0 Å². The fourth-order valence-corrected chi connectivity index (χ4v) is 6.71. The van der Waals surface area contributed by atoms with Crippen molar-refractivity contribution in [1.29, 1.82) is 0 Å². The molecule has 0 N–H and O–H groups in total. The van der Waals surface area contributed by atoms with Crippen LogP contribution in [0.15, 0.2) is 194 Å². The molecule has 0 saturated heterocycles. The van der Waals surface area contributed by atoms with Crippen LogP contribution in [0.25, 0.3) is 58.4 Å². The summed E-state index contributed by atoms with van der Waals surface area (Å²) in [5, 5.41) is 2.41. The first-order chi connectivity index (χ1) is 26.8. The lowest BCUT2D eigenvalue weighted by atomic mass is 9.95. The standard InChI is InChI=1S/C52H38N2/c1-3-19-41(20-4-1)49(51-27-13-15-33-53-51)37-45-25-9-7-17-39(45)29-31-47-35-43-23-11-12-24-44(43)36-48(47)32-30-40-18-8-10-26-46(40)38-50(42-21-5-2-6-22-42)52-28-14-16-34-54-52/h1-38H. The third-order valence-electron chi connectivity index (χ3n) is 9.48. The third-order valence-corrected chi connectivity index (χ3v) is 9.48.